The molecule has 0 aliphatic rings. The fraction of sp³-hybridized carbons (Fsp3) is 0.222. The zero-order valence-corrected chi connectivity index (χ0v) is 15.3. The average molecular weight is 379 g/mol. The van der Waals surface area contributed by atoms with E-state index in [9.17, 15) is 9.59 Å². The Morgan fingerprint density at radius 2 is 1.62 bits per heavy atom. The van der Waals surface area contributed by atoms with Crippen molar-refractivity contribution in [1.29, 1.82) is 0 Å². The number of methoxy groups -OCH3 is 3. The fourth-order valence-electron chi connectivity index (χ4n) is 2.23. The Labute approximate surface area is 156 Å². The highest BCUT2D eigenvalue weighted by Crippen LogP contribution is 2.38. The van der Waals surface area contributed by atoms with Crippen LogP contribution in [0.5, 0.6) is 17.2 Å². The Balaban J connectivity index is 2.05. The van der Waals surface area contributed by atoms with Crippen LogP contribution in [0, 0.1) is 0 Å². The van der Waals surface area contributed by atoms with Gasteiger partial charge in [-0.05, 0) is 24.3 Å². The Bertz CT molecular complexity index is 785. The minimum Gasteiger partial charge on any atom is -0.493 e. The number of anilines is 1. The maximum atomic E-state index is 12.3. The molecule has 0 bridgehead atoms. The Morgan fingerprint density at radius 3 is 2.15 bits per heavy atom. The lowest BCUT2D eigenvalue weighted by atomic mass is 10.1. The van der Waals surface area contributed by atoms with Gasteiger partial charge in [0.1, 0.15) is 0 Å². The molecule has 0 unspecified atom stereocenters. The van der Waals surface area contributed by atoms with Gasteiger partial charge in [-0.3, -0.25) is 9.59 Å². The molecule has 0 aromatic heterocycles. The summed E-state index contributed by atoms with van der Waals surface area (Å²) in [5, 5.41) is 5.57. The monoisotopic (exact) mass is 378 g/mol. The van der Waals surface area contributed by atoms with Crippen molar-refractivity contribution < 1.29 is 23.8 Å². The highest BCUT2D eigenvalue weighted by atomic mass is 35.5. The molecule has 138 valence electrons. The van der Waals surface area contributed by atoms with E-state index in [0.29, 0.717) is 28.0 Å². The lowest BCUT2D eigenvalue weighted by molar-refractivity contribution is -0.115. The van der Waals surface area contributed by atoms with Gasteiger partial charge < -0.3 is 24.8 Å². The van der Waals surface area contributed by atoms with Crippen molar-refractivity contribution >= 4 is 29.1 Å². The van der Waals surface area contributed by atoms with Crippen LogP contribution in [0.2, 0.25) is 5.02 Å². The number of amides is 2. The third kappa shape index (κ3) is 4.58. The molecule has 2 N–H and O–H groups in total. The summed E-state index contributed by atoms with van der Waals surface area (Å²) in [6.45, 7) is -0.222. The van der Waals surface area contributed by atoms with Gasteiger partial charge in [-0.25, -0.2) is 0 Å². The summed E-state index contributed by atoms with van der Waals surface area (Å²) in [4.78, 5) is 24.3. The van der Waals surface area contributed by atoms with Gasteiger partial charge in [-0.2, -0.15) is 0 Å². The molecule has 8 heteroatoms. The molecule has 0 aliphatic carbocycles. The van der Waals surface area contributed by atoms with E-state index < -0.39 is 11.8 Å². The number of hydrogen-bond donors (Lipinski definition) is 2. The van der Waals surface area contributed by atoms with Gasteiger partial charge in [0, 0.05) is 5.56 Å². The number of halogens is 1. The van der Waals surface area contributed by atoms with Gasteiger partial charge in [0.15, 0.2) is 11.5 Å². The predicted octanol–water partition coefficient (Wildman–Crippen LogP) is 2.73. The summed E-state index contributed by atoms with van der Waals surface area (Å²) in [5.41, 5.74) is 0.742. The Morgan fingerprint density at radius 1 is 1.00 bits per heavy atom. The second-order valence-electron chi connectivity index (χ2n) is 5.12. The van der Waals surface area contributed by atoms with E-state index in [1.54, 1.807) is 24.3 Å². The van der Waals surface area contributed by atoms with Crippen molar-refractivity contribution in [3.63, 3.8) is 0 Å². The third-order valence-electron chi connectivity index (χ3n) is 3.48. The van der Waals surface area contributed by atoms with Crippen LogP contribution in [0.15, 0.2) is 36.4 Å². The molecule has 0 saturated heterocycles. The number of carbonyl (C=O) groups is 2. The summed E-state index contributed by atoms with van der Waals surface area (Å²) in [5.74, 6) is 0.204. The molecule has 0 fully saturated rings. The van der Waals surface area contributed by atoms with Gasteiger partial charge in [0.25, 0.3) is 5.91 Å². The Kier molecular flexibility index (Phi) is 6.68. The summed E-state index contributed by atoms with van der Waals surface area (Å²) >= 11 is 5.98. The molecule has 0 aliphatic heterocycles. The van der Waals surface area contributed by atoms with Crippen LogP contribution in [-0.2, 0) is 4.79 Å². The zero-order valence-electron chi connectivity index (χ0n) is 14.6. The molecule has 0 heterocycles. The van der Waals surface area contributed by atoms with Gasteiger partial charge in [0.05, 0.1) is 38.6 Å². The predicted molar refractivity (Wildman–Crippen MR) is 98.5 cm³/mol. The highest BCUT2D eigenvalue weighted by Gasteiger charge is 2.17. The maximum Gasteiger partial charge on any atom is 0.251 e. The summed E-state index contributed by atoms with van der Waals surface area (Å²) in [7, 11) is 4.38. The molecule has 2 aromatic carbocycles. The largest absolute Gasteiger partial charge is 0.493 e. The summed E-state index contributed by atoms with van der Waals surface area (Å²) in [6, 6.07) is 9.83. The minimum absolute atomic E-state index is 0.222. The molecule has 0 atom stereocenters. The summed E-state index contributed by atoms with van der Waals surface area (Å²) < 4.78 is 15.6. The van der Waals surface area contributed by atoms with Gasteiger partial charge in [-0.1, -0.05) is 23.7 Å². The number of rotatable bonds is 7. The number of nitrogens with one attached hydrogen (secondary N) is 2. The topological polar surface area (TPSA) is 85.9 Å². The number of carbonyl (C=O) groups excluding carboxylic acids is 2. The molecular weight excluding hydrogens is 360 g/mol. The lowest BCUT2D eigenvalue weighted by Crippen LogP contribution is -2.32. The molecule has 2 amide bonds. The van der Waals surface area contributed by atoms with Crippen LogP contribution in [0.25, 0.3) is 0 Å². The van der Waals surface area contributed by atoms with Crippen LogP contribution in [0.3, 0.4) is 0 Å². The van der Waals surface area contributed by atoms with E-state index in [2.05, 4.69) is 10.6 Å². The van der Waals surface area contributed by atoms with E-state index in [1.165, 1.54) is 33.5 Å². The first kappa shape index (κ1) is 19.4. The second kappa shape index (κ2) is 8.96. The molecule has 26 heavy (non-hydrogen) atoms. The van der Waals surface area contributed by atoms with Crippen LogP contribution in [0.4, 0.5) is 5.69 Å². The normalized spacial score (nSPS) is 10.0. The molecule has 0 radical (unpaired) electrons. The lowest BCUT2D eigenvalue weighted by Gasteiger charge is -2.14. The minimum atomic E-state index is -0.460. The number of para-hydroxylation sites is 1. The zero-order chi connectivity index (χ0) is 19.1. The summed E-state index contributed by atoms with van der Waals surface area (Å²) in [6.07, 6.45) is 0. The van der Waals surface area contributed by atoms with Crippen molar-refractivity contribution in [3.8, 4) is 17.2 Å². The quantitative estimate of drug-likeness (QED) is 0.773. The van der Waals surface area contributed by atoms with Crippen LogP contribution >= 0.6 is 11.6 Å². The fourth-order valence-corrected chi connectivity index (χ4v) is 2.41. The number of hydrogen-bond acceptors (Lipinski definition) is 5. The van der Waals surface area contributed by atoms with E-state index in [-0.39, 0.29) is 12.1 Å². The molecule has 2 aromatic rings. The van der Waals surface area contributed by atoms with Crippen molar-refractivity contribution in [2.24, 2.45) is 0 Å². The highest BCUT2D eigenvalue weighted by molar-refractivity contribution is 6.33. The van der Waals surface area contributed by atoms with Crippen LogP contribution in [-0.4, -0.2) is 39.7 Å². The van der Waals surface area contributed by atoms with Gasteiger partial charge in [0.2, 0.25) is 11.7 Å². The standard InChI is InChI=1S/C18H19ClN2O5/c1-24-14-8-11(9-15(25-2)17(14)26-3)18(23)20-10-16(22)21-13-7-5-4-6-12(13)19/h4-9H,10H2,1-3H3,(H,20,23)(H,21,22). The van der Waals surface area contributed by atoms with E-state index in [0.717, 1.165) is 0 Å². The van der Waals surface area contributed by atoms with Gasteiger partial charge in [-0.15, -0.1) is 0 Å². The maximum absolute atomic E-state index is 12.3. The van der Waals surface area contributed by atoms with E-state index in [4.69, 9.17) is 25.8 Å². The van der Waals surface area contributed by atoms with Crippen LogP contribution in [0.1, 0.15) is 10.4 Å². The Hall–Kier alpha value is -2.93. The SMILES string of the molecule is COc1cc(C(=O)NCC(=O)Nc2ccccc2Cl)cc(OC)c1OC. The van der Waals surface area contributed by atoms with Crippen molar-refractivity contribution in [1.82, 2.24) is 5.32 Å². The smallest absolute Gasteiger partial charge is 0.251 e. The molecule has 2 rings (SSSR count). The van der Waals surface area contributed by atoms with Crippen molar-refractivity contribution in [3.05, 3.63) is 47.0 Å². The first-order valence-electron chi connectivity index (χ1n) is 7.62. The van der Waals surface area contributed by atoms with Gasteiger partial charge >= 0.3 is 0 Å². The molecule has 0 spiro atoms. The third-order valence-corrected chi connectivity index (χ3v) is 3.81. The first-order valence-corrected chi connectivity index (χ1v) is 8.00. The van der Waals surface area contributed by atoms with E-state index >= 15 is 0 Å². The van der Waals surface area contributed by atoms with Crippen molar-refractivity contribution in [2.75, 3.05) is 33.2 Å². The number of benzene rings is 2. The number of ether oxygens (including phenoxy) is 3. The molecular formula is C18H19ClN2O5. The molecule has 7 nitrogen and oxygen atoms in total. The van der Waals surface area contributed by atoms with Crippen molar-refractivity contribution in [2.45, 2.75) is 0 Å². The molecule has 0 saturated carbocycles. The van der Waals surface area contributed by atoms with E-state index in [1.807, 2.05) is 0 Å². The van der Waals surface area contributed by atoms with Crippen LogP contribution < -0.4 is 24.8 Å². The second-order valence-corrected chi connectivity index (χ2v) is 5.53. The first-order chi connectivity index (χ1) is 12.5. The average Bonchev–Trinajstić information content (AvgIpc) is 2.66.